The predicted octanol–water partition coefficient (Wildman–Crippen LogP) is 8.04. The van der Waals surface area contributed by atoms with Crippen LogP contribution in [-0.2, 0) is 9.59 Å². The third-order valence-corrected chi connectivity index (χ3v) is 7.51. The van der Waals surface area contributed by atoms with Crippen molar-refractivity contribution >= 4 is 86.1 Å². The molecule has 0 aromatic heterocycles. The number of benzene rings is 4. The van der Waals surface area contributed by atoms with E-state index in [0.717, 1.165) is 0 Å². The molecule has 0 spiro atoms. The second-order valence-electron chi connectivity index (χ2n) is 8.49. The van der Waals surface area contributed by atoms with Crippen LogP contribution in [0.1, 0.15) is 15.9 Å². The first-order chi connectivity index (χ1) is 19.7. The van der Waals surface area contributed by atoms with Crippen LogP contribution in [0.2, 0.25) is 10.0 Å². The molecule has 0 bridgehead atoms. The minimum absolute atomic E-state index is 0.0141. The molecule has 4 aromatic rings. The number of halogens is 4. The second-order valence-corrected chi connectivity index (χ2v) is 11.3. The van der Waals surface area contributed by atoms with Crippen molar-refractivity contribution in [3.63, 3.8) is 0 Å². The third-order valence-electron chi connectivity index (χ3n) is 5.46. The van der Waals surface area contributed by atoms with E-state index in [4.69, 9.17) is 23.2 Å². The number of nitrogens with one attached hydrogen (secondary N) is 3. The summed E-state index contributed by atoms with van der Waals surface area (Å²) in [5, 5.41) is 8.70. The Hall–Kier alpha value is -3.63. The highest BCUT2D eigenvalue weighted by Gasteiger charge is 2.16. The minimum atomic E-state index is -0.592. The van der Waals surface area contributed by atoms with Gasteiger partial charge in [0.05, 0.1) is 11.4 Å². The quantitative estimate of drug-likeness (QED) is 0.124. The summed E-state index contributed by atoms with van der Waals surface area (Å²) in [6.07, 6.45) is 1.46. The Morgan fingerprint density at radius 3 is 2.39 bits per heavy atom. The summed E-state index contributed by atoms with van der Waals surface area (Å²) in [6.45, 7) is 0. The van der Waals surface area contributed by atoms with Crippen LogP contribution in [0.15, 0.2) is 106 Å². The van der Waals surface area contributed by atoms with Gasteiger partial charge in [0.1, 0.15) is 11.5 Å². The number of hydrogen-bond donors (Lipinski definition) is 3. The van der Waals surface area contributed by atoms with Gasteiger partial charge >= 0.3 is 0 Å². The molecule has 0 fully saturated rings. The molecular formula is C30H21BrCl2FN3O3S. The van der Waals surface area contributed by atoms with Crippen molar-refractivity contribution in [2.24, 2.45) is 0 Å². The van der Waals surface area contributed by atoms with Crippen LogP contribution < -0.4 is 16.0 Å². The number of carbonyl (C=O) groups excluding carboxylic acids is 3. The number of anilines is 2. The Kier molecular flexibility index (Phi) is 10.6. The van der Waals surface area contributed by atoms with E-state index in [1.807, 2.05) is 0 Å². The topological polar surface area (TPSA) is 87.3 Å². The molecule has 0 aliphatic rings. The fourth-order valence-electron chi connectivity index (χ4n) is 3.50. The predicted molar refractivity (Wildman–Crippen MR) is 167 cm³/mol. The van der Waals surface area contributed by atoms with Crippen LogP contribution in [-0.4, -0.2) is 23.5 Å². The lowest BCUT2D eigenvalue weighted by Gasteiger charge is -2.13. The highest BCUT2D eigenvalue weighted by molar-refractivity contribution is 9.10. The molecule has 3 amide bonds. The van der Waals surface area contributed by atoms with Crippen molar-refractivity contribution in [3.8, 4) is 0 Å². The molecular weight excluding hydrogens is 652 g/mol. The maximum atomic E-state index is 14.0. The molecule has 41 heavy (non-hydrogen) atoms. The van der Waals surface area contributed by atoms with Crippen LogP contribution in [0.3, 0.4) is 0 Å². The molecule has 0 unspecified atom stereocenters. The highest BCUT2D eigenvalue weighted by atomic mass is 79.9. The summed E-state index contributed by atoms with van der Waals surface area (Å²) in [6, 6.07) is 24.5. The Labute approximate surface area is 258 Å². The normalized spacial score (nSPS) is 11.1. The molecule has 0 saturated carbocycles. The number of hydrogen-bond acceptors (Lipinski definition) is 4. The highest BCUT2D eigenvalue weighted by Crippen LogP contribution is 2.25. The van der Waals surface area contributed by atoms with E-state index in [-0.39, 0.29) is 23.0 Å². The van der Waals surface area contributed by atoms with Gasteiger partial charge in [0.25, 0.3) is 11.8 Å². The van der Waals surface area contributed by atoms with Crippen LogP contribution in [0, 0.1) is 5.82 Å². The Bertz CT molecular complexity index is 1640. The molecule has 4 rings (SSSR count). The van der Waals surface area contributed by atoms with Crippen molar-refractivity contribution in [2.75, 3.05) is 16.4 Å². The molecule has 0 saturated heterocycles. The summed E-state index contributed by atoms with van der Waals surface area (Å²) in [4.78, 5) is 39.2. The van der Waals surface area contributed by atoms with Crippen LogP contribution in [0.4, 0.5) is 15.8 Å². The Balaban J connectivity index is 1.47. The van der Waals surface area contributed by atoms with Crippen LogP contribution in [0.25, 0.3) is 6.08 Å². The monoisotopic (exact) mass is 671 g/mol. The standard InChI is InChI=1S/C30H21BrCl2FN3O3S/c31-20-10-12-26(25(34)14-20)36-28(38)17-41-23-8-4-7-22(16-23)35-30(40)27(13-19-9-11-21(32)15-24(19)33)37-29(39)18-5-2-1-3-6-18/h1-16H,17H2,(H,35,40)(H,36,38)(H,37,39)/b27-13+. The van der Waals surface area contributed by atoms with Gasteiger partial charge in [0.15, 0.2) is 0 Å². The number of rotatable bonds is 9. The van der Waals surface area contributed by atoms with Gasteiger partial charge in [-0.2, -0.15) is 0 Å². The molecule has 3 N–H and O–H groups in total. The number of thioether (sulfide) groups is 1. The van der Waals surface area contributed by atoms with Gasteiger partial charge in [-0.05, 0) is 72.3 Å². The minimum Gasteiger partial charge on any atom is -0.323 e. The van der Waals surface area contributed by atoms with Gasteiger partial charge in [-0.3, -0.25) is 14.4 Å². The number of amides is 3. The lowest BCUT2D eigenvalue weighted by atomic mass is 10.1. The molecule has 208 valence electrons. The summed E-state index contributed by atoms with van der Waals surface area (Å²) >= 11 is 16.7. The fraction of sp³-hybridized carbons (Fsp3) is 0.0333. The molecule has 0 aliphatic heterocycles. The van der Waals surface area contributed by atoms with Gasteiger partial charge in [0, 0.05) is 30.7 Å². The lowest BCUT2D eigenvalue weighted by Crippen LogP contribution is -2.30. The maximum Gasteiger partial charge on any atom is 0.272 e. The second kappa shape index (κ2) is 14.3. The van der Waals surface area contributed by atoms with E-state index in [0.29, 0.717) is 36.2 Å². The smallest absolute Gasteiger partial charge is 0.272 e. The summed E-state index contributed by atoms with van der Waals surface area (Å²) in [5.41, 5.74) is 1.32. The van der Waals surface area contributed by atoms with Crippen molar-refractivity contribution in [3.05, 3.63) is 128 Å². The van der Waals surface area contributed by atoms with Crippen molar-refractivity contribution in [1.29, 1.82) is 0 Å². The molecule has 0 aliphatic carbocycles. The molecule has 0 atom stereocenters. The maximum absolute atomic E-state index is 14.0. The first-order valence-corrected chi connectivity index (χ1v) is 14.5. The van der Waals surface area contributed by atoms with Crippen molar-refractivity contribution in [1.82, 2.24) is 5.32 Å². The SMILES string of the molecule is O=C(CSc1cccc(NC(=O)/C(=C\c2ccc(Cl)cc2Cl)NC(=O)c2ccccc2)c1)Nc1ccc(Br)cc1F. The summed E-state index contributed by atoms with van der Waals surface area (Å²) in [5.74, 6) is -1.99. The van der Waals surface area contributed by atoms with Gasteiger partial charge < -0.3 is 16.0 Å². The van der Waals surface area contributed by atoms with Crippen molar-refractivity contribution < 1.29 is 18.8 Å². The van der Waals surface area contributed by atoms with E-state index < -0.39 is 17.6 Å². The summed E-state index contributed by atoms with van der Waals surface area (Å²) < 4.78 is 14.6. The van der Waals surface area contributed by atoms with Crippen LogP contribution in [0.5, 0.6) is 0 Å². The van der Waals surface area contributed by atoms with E-state index >= 15 is 0 Å². The van der Waals surface area contributed by atoms with Gasteiger partial charge in [-0.25, -0.2) is 4.39 Å². The van der Waals surface area contributed by atoms with E-state index in [1.54, 1.807) is 72.8 Å². The zero-order valence-corrected chi connectivity index (χ0v) is 25.0. The molecule has 4 aromatic carbocycles. The van der Waals surface area contributed by atoms with Gasteiger partial charge in [-0.15, -0.1) is 11.8 Å². The van der Waals surface area contributed by atoms with Gasteiger partial charge in [-0.1, -0.05) is 69.5 Å². The zero-order chi connectivity index (χ0) is 29.4. The molecule has 0 heterocycles. The molecule has 6 nitrogen and oxygen atoms in total. The van der Waals surface area contributed by atoms with E-state index in [9.17, 15) is 18.8 Å². The third kappa shape index (κ3) is 8.93. The van der Waals surface area contributed by atoms with Gasteiger partial charge in [0.2, 0.25) is 5.91 Å². The first kappa shape index (κ1) is 30.3. The average molecular weight is 673 g/mol. The number of carbonyl (C=O) groups is 3. The lowest BCUT2D eigenvalue weighted by molar-refractivity contribution is -0.114. The Morgan fingerprint density at radius 2 is 1.66 bits per heavy atom. The Morgan fingerprint density at radius 1 is 0.878 bits per heavy atom. The summed E-state index contributed by atoms with van der Waals surface area (Å²) in [7, 11) is 0. The molecule has 11 heteroatoms. The van der Waals surface area contributed by atoms with E-state index in [1.165, 1.54) is 36.0 Å². The van der Waals surface area contributed by atoms with E-state index in [2.05, 4.69) is 31.9 Å². The fourth-order valence-corrected chi connectivity index (χ4v) is 5.06. The largest absolute Gasteiger partial charge is 0.323 e. The zero-order valence-electron chi connectivity index (χ0n) is 21.1. The van der Waals surface area contributed by atoms with Crippen molar-refractivity contribution in [2.45, 2.75) is 4.90 Å². The molecule has 0 radical (unpaired) electrons. The average Bonchev–Trinajstić information content (AvgIpc) is 2.95. The first-order valence-electron chi connectivity index (χ1n) is 12.0. The van der Waals surface area contributed by atoms with Crippen LogP contribution >= 0.6 is 50.9 Å².